The Labute approximate surface area is 186 Å². The van der Waals surface area contributed by atoms with Gasteiger partial charge in [0.1, 0.15) is 0 Å². The van der Waals surface area contributed by atoms with Gasteiger partial charge in [-0.2, -0.15) is 18.3 Å². The summed E-state index contributed by atoms with van der Waals surface area (Å²) in [5.41, 5.74) is 1.25. The van der Waals surface area contributed by atoms with E-state index in [2.05, 4.69) is 10.1 Å². The number of aromatic nitrogens is 1. The molecule has 162 valence electrons. The summed E-state index contributed by atoms with van der Waals surface area (Å²) in [6, 6.07) is 12.5. The van der Waals surface area contributed by atoms with Crippen LogP contribution in [-0.4, -0.2) is 29.8 Å². The zero-order valence-electron chi connectivity index (χ0n) is 16.7. The molecule has 0 atom stereocenters. The van der Waals surface area contributed by atoms with Crippen molar-refractivity contribution in [1.29, 1.82) is 0 Å². The Hall–Kier alpha value is -3.52. The molecule has 5 nitrogen and oxygen atoms in total. The molecule has 1 aliphatic rings. The zero-order chi connectivity index (χ0) is 23.0. The number of halogens is 4. The third-order valence-corrected chi connectivity index (χ3v) is 5.31. The largest absolute Gasteiger partial charge is 0.417 e. The van der Waals surface area contributed by atoms with Gasteiger partial charge in [-0.3, -0.25) is 14.6 Å². The molecule has 1 aliphatic carbocycles. The Kier molecular flexibility index (Phi) is 5.56. The predicted molar refractivity (Wildman–Crippen MR) is 115 cm³/mol. The molecule has 3 aromatic rings. The standard InChI is InChI=1S/C23H15ClF3N3O2/c1-30(22-19(24)11-14(12-28-22)23(25,26)27)29-9-8-13-6-7-17-18(10-13)21(32)16-5-3-2-4-15(16)20(17)31/h2-7,9-12H,8H2,1H3/b29-9+. The number of pyridine rings is 1. The van der Waals surface area contributed by atoms with E-state index in [0.717, 1.165) is 11.6 Å². The van der Waals surface area contributed by atoms with Gasteiger partial charge in [0.2, 0.25) is 0 Å². The first-order valence-corrected chi connectivity index (χ1v) is 9.85. The van der Waals surface area contributed by atoms with Gasteiger partial charge in [0, 0.05) is 48.1 Å². The lowest BCUT2D eigenvalue weighted by molar-refractivity contribution is -0.137. The maximum absolute atomic E-state index is 12.8. The number of hydrogen-bond donors (Lipinski definition) is 0. The van der Waals surface area contributed by atoms with Crippen molar-refractivity contribution in [2.75, 3.05) is 12.1 Å². The SMILES string of the molecule is CN(/N=C/Cc1ccc2c(c1)C(=O)c1ccccc1C2=O)c1ncc(C(F)(F)F)cc1Cl. The number of rotatable bonds is 4. The van der Waals surface area contributed by atoms with E-state index in [1.807, 2.05) is 0 Å². The molecule has 0 saturated heterocycles. The number of benzene rings is 2. The molecule has 0 bridgehead atoms. The molecule has 0 aliphatic heterocycles. The number of fused-ring (bicyclic) bond motifs is 2. The van der Waals surface area contributed by atoms with E-state index in [-0.39, 0.29) is 22.4 Å². The van der Waals surface area contributed by atoms with Crippen molar-refractivity contribution < 1.29 is 22.8 Å². The number of hydrogen-bond acceptors (Lipinski definition) is 5. The second kappa shape index (κ2) is 8.20. The summed E-state index contributed by atoms with van der Waals surface area (Å²) < 4.78 is 38.3. The number of anilines is 1. The lowest BCUT2D eigenvalue weighted by atomic mass is 9.83. The smallest absolute Gasteiger partial charge is 0.289 e. The zero-order valence-corrected chi connectivity index (χ0v) is 17.4. The number of alkyl halides is 3. The summed E-state index contributed by atoms with van der Waals surface area (Å²) in [4.78, 5) is 29.2. The van der Waals surface area contributed by atoms with Crippen LogP contribution in [0.3, 0.4) is 0 Å². The maximum atomic E-state index is 12.8. The fraction of sp³-hybridized carbons (Fsp3) is 0.130. The molecule has 0 N–H and O–H groups in total. The second-order valence-corrected chi connectivity index (χ2v) is 7.54. The fourth-order valence-electron chi connectivity index (χ4n) is 3.42. The van der Waals surface area contributed by atoms with Crippen LogP contribution in [-0.2, 0) is 12.6 Å². The van der Waals surface area contributed by atoms with Crippen molar-refractivity contribution in [3.05, 3.63) is 93.1 Å². The van der Waals surface area contributed by atoms with E-state index in [4.69, 9.17) is 11.6 Å². The average molecular weight is 458 g/mol. The molecule has 9 heteroatoms. The summed E-state index contributed by atoms with van der Waals surface area (Å²) in [5.74, 6) is -0.344. The number of carbonyl (C=O) groups is 2. The molecule has 0 saturated carbocycles. The summed E-state index contributed by atoms with van der Waals surface area (Å²) >= 11 is 5.93. The molecule has 1 aromatic heterocycles. The number of carbonyl (C=O) groups excluding carboxylic acids is 2. The maximum Gasteiger partial charge on any atom is 0.417 e. The summed E-state index contributed by atoms with van der Waals surface area (Å²) in [6.45, 7) is 0. The minimum Gasteiger partial charge on any atom is -0.289 e. The van der Waals surface area contributed by atoms with Crippen LogP contribution in [0.2, 0.25) is 5.02 Å². The third-order valence-electron chi connectivity index (χ3n) is 5.03. The quantitative estimate of drug-likeness (QED) is 0.312. The lowest BCUT2D eigenvalue weighted by Crippen LogP contribution is -2.21. The third kappa shape index (κ3) is 4.01. The van der Waals surface area contributed by atoms with Crippen LogP contribution in [0.4, 0.5) is 19.0 Å². The molecule has 0 radical (unpaired) electrons. The first-order valence-electron chi connectivity index (χ1n) is 9.47. The van der Waals surface area contributed by atoms with Gasteiger partial charge >= 0.3 is 6.18 Å². The van der Waals surface area contributed by atoms with Crippen LogP contribution in [0.1, 0.15) is 43.0 Å². The van der Waals surface area contributed by atoms with E-state index >= 15 is 0 Å². The van der Waals surface area contributed by atoms with Crippen LogP contribution in [0.15, 0.2) is 59.8 Å². The molecule has 2 aromatic carbocycles. The van der Waals surface area contributed by atoms with Gasteiger partial charge < -0.3 is 0 Å². The molecular weight excluding hydrogens is 443 g/mol. The molecule has 1 heterocycles. The first-order chi connectivity index (χ1) is 15.2. The van der Waals surface area contributed by atoms with Crippen LogP contribution in [0.25, 0.3) is 0 Å². The molecule has 0 fully saturated rings. The van der Waals surface area contributed by atoms with Gasteiger partial charge in [0.15, 0.2) is 17.4 Å². The van der Waals surface area contributed by atoms with E-state index in [0.29, 0.717) is 34.9 Å². The van der Waals surface area contributed by atoms with Crippen molar-refractivity contribution in [1.82, 2.24) is 4.98 Å². The van der Waals surface area contributed by atoms with E-state index in [1.54, 1.807) is 42.5 Å². The minimum absolute atomic E-state index is 0.0683. The van der Waals surface area contributed by atoms with Gasteiger partial charge in [-0.1, -0.05) is 48.0 Å². The van der Waals surface area contributed by atoms with Gasteiger partial charge in [-0.15, -0.1) is 0 Å². The summed E-state index contributed by atoms with van der Waals surface area (Å²) in [7, 11) is 1.50. The van der Waals surface area contributed by atoms with Gasteiger partial charge in [-0.25, -0.2) is 4.98 Å². The Bertz CT molecular complexity index is 1270. The molecule has 0 amide bonds. The molecule has 0 unspecified atom stereocenters. The Morgan fingerprint density at radius 3 is 2.25 bits per heavy atom. The normalized spacial score (nSPS) is 13.3. The highest BCUT2D eigenvalue weighted by atomic mass is 35.5. The first kappa shape index (κ1) is 21.7. The minimum atomic E-state index is -4.54. The van der Waals surface area contributed by atoms with Gasteiger partial charge in [0.05, 0.1) is 10.6 Å². The number of ketones is 2. The van der Waals surface area contributed by atoms with Crippen molar-refractivity contribution in [3.8, 4) is 0 Å². The van der Waals surface area contributed by atoms with Gasteiger partial charge in [-0.05, 0) is 17.7 Å². The van der Waals surface area contributed by atoms with Crippen LogP contribution < -0.4 is 5.01 Å². The summed E-state index contributed by atoms with van der Waals surface area (Å²) in [5, 5.41) is 5.22. The monoisotopic (exact) mass is 457 g/mol. The Morgan fingerprint density at radius 1 is 1.00 bits per heavy atom. The van der Waals surface area contributed by atoms with E-state index < -0.39 is 11.7 Å². The van der Waals surface area contributed by atoms with Gasteiger partial charge in [0.25, 0.3) is 0 Å². The van der Waals surface area contributed by atoms with Crippen molar-refractivity contribution in [2.45, 2.75) is 12.6 Å². The Balaban J connectivity index is 1.51. The highest BCUT2D eigenvalue weighted by molar-refractivity contribution is 6.33. The predicted octanol–water partition coefficient (Wildman–Crippen LogP) is 5.19. The fourth-order valence-corrected chi connectivity index (χ4v) is 3.71. The van der Waals surface area contributed by atoms with E-state index in [9.17, 15) is 22.8 Å². The molecule has 32 heavy (non-hydrogen) atoms. The number of nitrogens with zero attached hydrogens (tertiary/aromatic N) is 3. The highest BCUT2D eigenvalue weighted by Crippen LogP contribution is 2.33. The number of hydrazone groups is 1. The van der Waals surface area contributed by atoms with Crippen LogP contribution in [0.5, 0.6) is 0 Å². The highest BCUT2D eigenvalue weighted by Gasteiger charge is 2.32. The van der Waals surface area contributed by atoms with Crippen LogP contribution >= 0.6 is 11.6 Å². The average Bonchev–Trinajstić information content (AvgIpc) is 2.76. The van der Waals surface area contributed by atoms with Crippen molar-refractivity contribution in [3.63, 3.8) is 0 Å². The van der Waals surface area contributed by atoms with Crippen molar-refractivity contribution in [2.24, 2.45) is 5.10 Å². The Morgan fingerprint density at radius 2 is 1.62 bits per heavy atom. The molecule has 0 spiro atoms. The van der Waals surface area contributed by atoms with Crippen LogP contribution in [0, 0.1) is 0 Å². The molecular formula is C23H15ClF3N3O2. The van der Waals surface area contributed by atoms with E-state index in [1.165, 1.54) is 18.3 Å². The second-order valence-electron chi connectivity index (χ2n) is 7.14. The topological polar surface area (TPSA) is 62.6 Å². The van der Waals surface area contributed by atoms with Crippen molar-refractivity contribution >= 4 is 35.2 Å². The summed E-state index contributed by atoms with van der Waals surface area (Å²) in [6.07, 6.45) is -2.01. The lowest BCUT2D eigenvalue weighted by Gasteiger charge is -2.18. The molecule has 4 rings (SSSR count).